The van der Waals surface area contributed by atoms with E-state index in [1.165, 1.54) is 0 Å². The highest BCUT2D eigenvalue weighted by Crippen LogP contribution is 2.77. The molecule has 10 heteroatoms. The van der Waals surface area contributed by atoms with E-state index in [1.807, 2.05) is 6.08 Å². The number of carboxylic acids is 1. The summed E-state index contributed by atoms with van der Waals surface area (Å²) in [6.07, 6.45) is 6.87. The molecule has 0 saturated heterocycles. The van der Waals surface area contributed by atoms with Crippen LogP contribution in [0.1, 0.15) is 32.1 Å². The molecule has 0 saturated carbocycles. The van der Waals surface area contributed by atoms with Crippen molar-refractivity contribution < 1.29 is 9.90 Å². The van der Waals surface area contributed by atoms with Gasteiger partial charge in [0.1, 0.15) is 0 Å². The van der Waals surface area contributed by atoms with Crippen LogP contribution in [0.15, 0.2) is 12.7 Å². The fourth-order valence-corrected chi connectivity index (χ4v) is 33.1. The number of allylic oxidation sites excluding steroid dienone is 1. The molecule has 0 heterocycles. The molecule has 3 nitrogen and oxygen atoms in total. The Kier molecular flexibility index (Phi) is 16.8. The average molecular weight is 395 g/mol. The second kappa shape index (κ2) is 15.1. The summed E-state index contributed by atoms with van der Waals surface area (Å²) in [6.45, 7) is 3.69. The molecule has 0 aliphatic rings. The number of rotatable bonds is 13. The third-order valence-corrected chi connectivity index (χ3v) is 28.1. The van der Waals surface area contributed by atoms with Gasteiger partial charge in [-0.15, -0.1) is 15.5 Å². The maximum Gasteiger partial charge on any atom is 0.312 e. The third-order valence-electron chi connectivity index (χ3n) is 2.39. The number of unbranched alkanes of at least 4 members (excludes halogenated alkanes) is 3. The van der Waals surface area contributed by atoms with Crippen LogP contribution in [-0.2, 0) is 4.79 Å². The Bertz CT molecular complexity index is 257. The maximum absolute atomic E-state index is 11.3. The zero-order valence-corrected chi connectivity index (χ0v) is 17.9. The summed E-state index contributed by atoms with van der Waals surface area (Å²) in [6, 6.07) is 0. The fourth-order valence-electron chi connectivity index (χ4n) is 1.42. The number of hydrogen-bond acceptors (Lipinski definition) is 2. The van der Waals surface area contributed by atoms with E-state index < -0.39 is 13.7 Å². The molecule has 0 bridgehead atoms. The molecule has 3 N–H and O–H groups in total. The molecule has 0 aromatic rings. The number of carbonyl (C=O) groups is 1. The van der Waals surface area contributed by atoms with Crippen molar-refractivity contribution in [2.24, 2.45) is 5.50 Å². The van der Waals surface area contributed by atoms with E-state index in [1.54, 1.807) is 0 Å². The van der Waals surface area contributed by atoms with Gasteiger partial charge in [-0.1, -0.05) is 58.7 Å². The van der Waals surface area contributed by atoms with Gasteiger partial charge in [0.15, 0.2) is 0 Å². The second-order valence-corrected chi connectivity index (χ2v) is 23.2. The smallest absolute Gasteiger partial charge is 0.312 e. The summed E-state index contributed by atoms with van der Waals surface area (Å²) in [4.78, 5) is 11.3. The van der Waals surface area contributed by atoms with Gasteiger partial charge in [0, 0.05) is 7.76 Å². The lowest BCUT2D eigenvalue weighted by molar-refractivity contribution is -0.136. The molecule has 112 valence electrons. The second-order valence-electron chi connectivity index (χ2n) is 3.82. The van der Waals surface area contributed by atoms with Gasteiger partial charge in [-0.25, -0.2) is 0 Å². The van der Waals surface area contributed by atoms with Gasteiger partial charge in [0.25, 0.3) is 0 Å². The van der Waals surface area contributed by atoms with Crippen LogP contribution in [0.2, 0.25) is 0 Å². The summed E-state index contributed by atoms with van der Waals surface area (Å²) in [7, 11) is 6.57. The van der Waals surface area contributed by atoms with E-state index in [2.05, 4.69) is 15.5 Å². The molecule has 0 rings (SSSR count). The molecule has 7 unspecified atom stereocenters. The fraction of sp³-hybridized carbons (Fsp3) is 0.667. The van der Waals surface area contributed by atoms with E-state index in [4.69, 9.17) is 5.50 Å². The minimum Gasteiger partial charge on any atom is -0.481 e. The lowest BCUT2D eigenvalue weighted by Crippen LogP contribution is -2.19. The maximum atomic E-state index is 11.3. The standard InChI is InChI=1S/C9H24NO2P7/c1-2-3-4-5-6-7-8(9(11)12)19(10)18-17-16-15-14-13/h2,8,14-18H,1,3-7,10,13H2,(H,11,12)/t8-,19?/m0/s1. The van der Waals surface area contributed by atoms with Crippen LogP contribution in [0.4, 0.5) is 0 Å². The SMILES string of the molecule is C=CCCCCC[C@@H](C(=O)O)P(N)PPPPPP. The Hall–Kier alpha value is 2.18. The quantitative estimate of drug-likeness (QED) is 0.239. The Balaban J connectivity index is 3.88. The molecular weight excluding hydrogens is 371 g/mol. The summed E-state index contributed by atoms with van der Waals surface area (Å²) in [5.74, 6) is -0.687. The topological polar surface area (TPSA) is 63.3 Å². The molecule has 8 atom stereocenters. The number of hydrogen-bond donors (Lipinski definition) is 2. The Morgan fingerprint density at radius 3 is 2.68 bits per heavy atom. The lowest BCUT2D eigenvalue weighted by Gasteiger charge is -2.20. The van der Waals surface area contributed by atoms with E-state index in [0.717, 1.165) is 63.9 Å². The molecular formula is C9H24NO2P7. The number of carboxylic acid groups (broad SMARTS) is 1. The summed E-state index contributed by atoms with van der Waals surface area (Å²) in [5.41, 5.74) is 5.85. The minimum absolute atomic E-state index is 0.281. The molecule has 0 amide bonds. The molecule has 0 aliphatic carbocycles. The Labute approximate surface area is 128 Å². The van der Waals surface area contributed by atoms with Crippen molar-refractivity contribution in [1.82, 2.24) is 0 Å². The van der Waals surface area contributed by atoms with Crippen molar-refractivity contribution in [1.29, 1.82) is 0 Å². The molecule has 0 fully saturated rings. The Morgan fingerprint density at radius 1 is 1.37 bits per heavy atom. The van der Waals surface area contributed by atoms with E-state index in [-0.39, 0.29) is 5.66 Å². The normalized spacial score (nSPS) is 17.2. The highest BCUT2D eigenvalue weighted by molar-refractivity contribution is 8.79. The van der Waals surface area contributed by atoms with Crippen molar-refractivity contribution in [3.63, 3.8) is 0 Å². The first-order valence-corrected chi connectivity index (χ1v) is 19.1. The van der Waals surface area contributed by atoms with Gasteiger partial charge in [0.05, 0.1) is 5.66 Å². The molecule has 0 spiro atoms. The molecule has 0 aliphatic heterocycles. The molecule has 0 aromatic carbocycles. The number of aliphatic carboxylic acids is 1. The monoisotopic (exact) mass is 395 g/mol. The van der Waals surface area contributed by atoms with Crippen LogP contribution in [0.25, 0.3) is 0 Å². The van der Waals surface area contributed by atoms with Gasteiger partial charge in [-0.05, 0) is 19.3 Å². The zero-order chi connectivity index (χ0) is 14.5. The van der Waals surface area contributed by atoms with Crippen LogP contribution in [-0.4, -0.2) is 16.7 Å². The highest BCUT2D eigenvalue weighted by Gasteiger charge is 2.24. The first kappa shape index (κ1) is 21.2. The summed E-state index contributed by atoms with van der Waals surface area (Å²) >= 11 is 0. The zero-order valence-electron chi connectivity index (χ0n) is 10.9. The lowest BCUT2D eigenvalue weighted by atomic mass is 10.1. The Morgan fingerprint density at radius 2 is 2.11 bits per heavy atom. The van der Waals surface area contributed by atoms with E-state index in [9.17, 15) is 9.90 Å². The third kappa shape index (κ3) is 12.4. The van der Waals surface area contributed by atoms with Crippen molar-refractivity contribution in [2.75, 3.05) is 0 Å². The molecule has 0 radical (unpaired) electrons. The van der Waals surface area contributed by atoms with Gasteiger partial charge in [0.2, 0.25) is 0 Å². The van der Waals surface area contributed by atoms with Gasteiger partial charge < -0.3 is 10.6 Å². The van der Waals surface area contributed by atoms with E-state index >= 15 is 0 Å². The van der Waals surface area contributed by atoms with Crippen LogP contribution in [0.3, 0.4) is 0 Å². The van der Waals surface area contributed by atoms with Crippen molar-refractivity contribution in [2.45, 2.75) is 37.8 Å². The summed E-state index contributed by atoms with van der Waals surface area (Å²) < 4.78 is 0. The minimum atomic E-state index is -0.796. The largest absolute Gasteiger partial charge is 0.481 e. The first-order chi connectivity index (χ1) is 9.13. The molecule has 0 aromatic heterocycles. The van der Waals surface area contributed by atoms with Crippen LogP contribution < -0.4 is 5.50 Å². The molecule has 19 heavy (non-hydrogen) atoms. The van der Waals surface area contributed by atoms with E-state index in [0.29, 0.717) is 7.96 Å². The summed E-state index contributed by atoms with van der Waals surface area (Å²) in [5, 5.41) is 9.28. The van der Waals surface area contributed by atoms with Crippen molar-refractivity contribution in [3.05, 3.63) is 12.7 Å². The van der Waals surface area contributed by atoms with Gasteiger partial charge in [-0.2, -0.15) is 0 Å². The first-order valence-electron chi connectivity index (χ1n) is 5.97. The van der Waals surface area contributed by atoms with Crippen molar-refractivity contribution in [3.8, 4) is 0 Å². The van der Waals surface area contributed by atoms with Crippen molar-refractivity contribution >= 4 is 62.4 Å². The number of nitrogens with two attached hydrogens (primary N) is 1. The van der Waals surface area contributed by atoms with Crippen LogP contribution in [0, 0.1) is 0 Å². The highest BCUT2D eigenvalue weighted by atomic mass is 32.8. The van der Waals surface area contributed by atoms with Crippen LogP contribution in [0.5, 0.6) is 0 Å². The van der Waals surface area contributed by atoms with Gasteiger partial charge >= 0.3 is 5.97 Å². The predicted octanol–water partition coefficient (Wildman–Crippen LogP) is 5.69. The average Bonchev–Trinajstić information content (AvgIpc) is 2.38. The van der Waals surface area contributed by atoms with Gasteiger partial charge in [-0.3, -0.25) is 4.79 Å². The predicted molar refractivity (Wildman–Crippen MR) is 107 cm³/mol. The van der Waals surface area contributed by atoms with Crippen LogP contribution >= 0.6 is 56.5 Å².